The Balaban J connectivity index is 3.02. The lowest BCUT2D eigenvalue weighted by Crippen LogP contribution is -2.33. The highest BCUT2D eigenvalue weighted by Gasteiger charge is 2.16. The average Bonchev–Trinajstić information content (AvgIpc) is 2.26. The molecule has 1 aromatic rings. The van der Waals surface area contributed by atoms with Gasteiger partial charge in [-0.3, -0.25) is 4.79 Å². The van der Waals surface area contributed by atoms with Gasteiger partial charge in [0.25, 0.3) is 0 Å². The average molecular weight is 293 g/mol. The maximum absolute atomic E-state index is 11.6. The summed E-state index contributed by atoms with van der Waals surface area (Å²) in [5.41, 5.74) is 4.80. The summed E-state index contributed by atoms with van der Waals surface area (Å²) < 4.78 is 47.1. The summed E-state index contributed by atoms with van der Waals surface area (Å²) in [7, 11) is -7.78. The lowest BCUT2D eigenvalue weighted by molar-refractivity contribution is -0.116. The van der Waals surface area contributed by atoms with E-state index < -0.39 is 32.5 Å². The van der Waals surface area contributed by atoms with Crippen LogP contribution in [0.2, 0.25) is 0 Å². The third-order valence-corrected chi connectivity index (χ3v) is 4.25. The fraction of sp³-hybridized carbons (Fsp3) is 0.125. The number of primary sulfonamides is 1. The van der Waals surface area contributed by atoms with Gasteiger partial charge >= 0.3 is 0 Å². The molecule has 0 aromatic heterocycles. The molecule has 0 aliphatic rings. The molecular formula is C8H11N3O5S2. The van der Waals surface area contributed by atoms with E-state index in [1.807, 2.05) is 4.72 Å². The third-order valence-electron chi connectivity index (χ3n) is 1.90. The van der Waals surface area contributed by atoms with Crippen LogP contribution < -0.4 is 15.6 Å². The number of primary amides is 1. The van der Waals surface area contributed by atoms with E-state index in [2.05, 4.69) is 0 Å². The Morgan fingerprint density at radius 3 is 1.89 bits per heavy atom. The predicted octanol–water partition coefficient (Wildman–Crippen LogP) is -1.90. The minimum Gasteiger partial charge on any atom is -0.369 e. The molecule has 10 heteroatoms. The van der Waals surface area contributed by atoms with Crippen molar-refractivity contribution in [3.8, 4) is 0 Å². The molecule has 18 heavy (non-hydrogen) atoms. The highest BCUT2D eigenvalue weighted by Crippen LogP contribution is 2.12. The van der Waals surface area contributed by atoms with Gasteiger partial charge < -0.3 is 5.73 Å². The van der Waals surface area contributed by atoms with Crippen LogP contribution in [0, 0.1) is 0 Å². The summed E-state index contributed by atoms with van der Waals surface area (Å²) in [4.78, 5) is 10.1. The summed E-state index contributed by atoms with van der Waals surface area (Å²) in [6.07, 6.45) is 0. The lowest BCUT2D eigenvalue weighted by atomic mass is 10.4. The molecule has 1 rings (SSSR count). The van der Waals surface area contributed by atoms with Gasteiger partial charge in [-0.1, -0.05) is 0 Å². The number of amides is 1. The highest BCUT2D eigenvalue weighted by molar-refractivity contribution is 7.89. The zero-order valence-electron chi connectivity index (χ0n) is 9.03. The van der Waals surface area contributed by atoms with Crippen molar-refractivity contribution in [2.45, 2.75) is 9.79 Å². The summed E-state index contributed by atoms with van der Waals surface area (Å²) in [5, 5.41) is 4.86. The Morgan fingerprint density at radius 2 is 1.50 bits per heavy atom. The second-order valence-corrected chi connectivity index (χ2v) is 6.64. The number of hydrogen-bond acceptors (Lipinski definition) is 5. The molecule has 0 saturated heterocycles. The first-order chi connectivity index (χ1) is 8.13. The van der Waals surface area contributed by atoms with Gasteiger partial charge in [0.15, 0.2) is 0 Å². The second kappa shape index (κ2) is 5.02. The monoisotopic (exact) mass is 293 g/mol. The molecule has 0 aliphatic heterocycles. The third kappa shape index (κ3) is 3.77. The molecule has 0 saturated carbocycles. The second-order valence-electron chi connectivity index (χ2n) is 3.31. The zero-order chi connectivity index (χ0) is 14.0. The van der Waals surface area contributed by atoms with Crippen molar-refractivity contribution in [3.05, 3.63) is 24.3 Å². The van der Waals surface area contributed by atoms with E-state index in [0.717, 1.165) is 24.3 Å². The van der Waals surface area contributed by atoms with Crippen molar-refractivity contribution in [1.82, 2.24) is 4.72 Å². The number of rotatable bonds is 5. The smallest absolute Gasteiger partial charge is 0.241 e. The van der Waals surface area contributed by atoms with Crippen LogP contribution in [-0.4, -0.2) is 29.3 Å². The van der Waals surface area contributed by atoms with Crippen LogP contribution in [0.5, 0.6) is 0 Å². The first kappa shape index (κ1) is 14.6. The first-order valence-electron chi connectivity index (χ1n) is 4.54. The van der Waals surface area contributed by atoms with E-state index in [-0.39, 0.29) is 9.79 Å². The van der Waals surface area contributed by atoms with Crippen molar-refractivity contribution in [2.24, 2.45) is 10.9 Å². The van der Waals surface area contributed by atoms with E-state index >= 15 is 0 Å². The Labute approximate surface area is 104 Å². The lowest BCUT2D eigenvalue weighted by Gasteiger charge is -2.05. The number of nitrogens with two attached hydrogens (primary N) is 2. The SMILES string of the molecule is NC(=O)CNS(=O)(=O)c1ccc(S(N)(=O)=O)cc1. The van der Waals surface area contributed by atoms with Crippen LogP contribution in [0.15, 0.2) is 34.1 Å². The van der Waals surface area contributed by atoms with Crippen molar-refractivity contribution in [1.29, 1.82) is 0 Å². The standard InChI is InChI=1S/C8H11N3O5S2/c9-8(12)5-11-18(15,16)7-3-1-6(2-4-7)17(10,13)14/h1-4,11H,5H2,(H2,9,12)(H2,10,13,14). The molecule has 0 unspecified atom stereocenters. The Bertz CT molecular complexity index is 648. The summed E-state index contributed by atoms with van der Waals surface area (Å²) in [6, 6.07) is 4.22. The topological polar surface area (TPSA) is 149 Å². The van der Waals surface area contributed by atoms with E-state index in [9.17, 15) is 21.6 Å². The van der Waals surface area contributed by atoms with E-state index in [4.69, 9.17) is 10.9 Å². The van der Waals surface area contributed by atoms with E-state index in [1.54, 1.807) is 0 Å². The fourth-order valence-electron chi connectivity index (χ4n) is 1.06. The normalized spacial score (nSPS) is 12.3. The van der Waals surface area contributed by atoms with Crippen LogP contribution in [0.1, 0.15) is 0 Å². The maximum Gasteiger partial charge on any atom is 0.241 e. The molecule has 0 bridgehead atoms. The quantitative estimate of drug-likeness (QED) is 0.579. The van der Waals surface area contributed by atoms with Crippen LogP contribution in [0.4, 0.5) is 0 Å². The number of sulfonamides is 2. The number of nitrogens with one attached hydrogen (secondary N) is 1. The predicted molar refractivity (Wildman–Crippen MR) is 62.2 cm³/mol. The molecule has 0 spiro atoms. The van der Waals surface area contributed by atoms with Crippen LogP contribution in [-0.2, 0) is 24.8 Å². The molecule has 0 heterocycles. The Morgan fingerprint density at radius 1 is 1.06 bits per heavy atom. The van der Waals surface area contributed by atoms with Gasteiger partial charge in [-0.05, 0) is 24.3 Å². The van der Waals surface area contributed by atoms with Crippen molar-refractivity contribution in [2.75, 3.05) is 6.54 Å². The Kier molecular flexibility index (Phi) is 4.06. The van der Waals surface area contributed by atoms with Gasteiger partial charge in [-0.15, -0.1) is 0 Å². The molecule has 0 fully saturated rings. The summed E-state index contributed by atoms with van der Waals surface area (Å²) >= 11 is 0. The zero-order valence-corrected chi connectivity index (χ0v) is 10.7. The molecule has 100 valence electrons. The highest BCUT2D eigenvalue weighted by atomic mass is 32.2. The Hall–Kier alpha value is -1.49. The first-order valence-corrected chi connectivity index (χ1v) is 7.57. The fourth-order valence-corrected chi connectivity index (χ4v) is 2.57. The van der Waals surface area contributed by atoms with Crippen molar-refractivity contribution in [3.63, 3.8) is 0 Å². The minimum atomic E-state index is -3.90. The largest absolute Gasteiger partial charge is 0.369 e. The van der Waals surface area contributed by atoms with Crippen LogP contribution in [0.3, 0.4) is 0 Å². The van der Waals surface area contributed by atoms with Gasteiger partial charge in [0, 0.05) is 0 Å². The molecule has 0 radical (unpaired) electrons. The van der Waals surface area contributed by atoms with Crippen molar-refractivity contribution < 1.29 is 21.6 Å². The molecular weight excluding hydrogens is 282 g/mol. The van der Waals surface area contributed by atoms with Gasteiger partial charge in [-0.25, -0.2) is 26.7 Å². The van der Waals surface area contributed by atoms with Crippen LogP contribution >= 0.6 is 0 Å². The molecule has 1 amide bonds. The summed E-state index contributed by atoms with van der Waals surface area (Å²) in [5.74, 6) is -0.834. The minimum absolute atomic E-state index is 0.198. The number of carbonyl (C=O) groups is 1. The number of hydrogen-bond donors (Lipinski definition) is 3. The molecule has 5 N–H and O–H groups in total. The molecule has 0 aliphatic carbocycles. The van der Waals surface area contributed by atoms with Gasteiger partial charge in [0.2, 0.25) is 26.0 Å². The maximum atomic E-state index is 11.6. The molecule has 1 aromatic carbocycles. The van der Waals surface area contributed by atoms with Gasteiger partial charge in [0.05, 0.1) is 16.3 Å². The summed E-state index contributed by atoms with van der Waals surface area (Å²) in [6.45, 7) is -0.542. The van der Waals surface area contributed by atoms with Crippen molar-refractivity contribution >= 4 is 26.0 Å². The van der Waals surface area contributed by atoms with E-state index in [0.29, 0.717) is 0 Å². The number of benzene rings is 1. The molecule has 8 nitrogen and oxygen atoms in total. The van der Waals surface area contributed by atoms with E-state index in [1.165, 1.54) is 0 Å². The van der Waals surface area contributed by atoms with Gasteiger partial charge in [-0.2, -0.15) is 0 Å². The van der Waals surface area contributed by atoms with Crippen LogP contribution in [0.25, 0.3) is 0 Å². The van der Waals surface area contributed by atoms with Gasteiger partial charge in [0.1, 0.15) is 0 Å². The molecule has 0 atom stereocenters. The number of carbonyl (C=O) groups excluding carboxylic acids is 1.